The summed E-state index contributed by atoms with van der Waals surface area (Å²) in [5, 5.41) is 8.76. The number of fused-ring (bicyclic) bond motifs is 1. The molecule has 1 N–H and O–H groups in total. The van der Waals surface area contributed by atoms with Gasteiger partial charge in [-0.05, 0) is 23.1 Å². The predicted molar refractivity (Wildman–Crippen MR) is 89.4 cm³/mol. The van der Waals surface area contributed by atoms with Crippen molar-refractivity contribution >= 4 is 28.2 Å². The number of para-hydroxylation sites is 1. The van der Waals surface area contributed by atoms with Gasteiger partial charge in [0.15, 0.2) is 6.61 Å². The second-order valence-corrected chi connectivity index (χ2v) is 6.00. The Balaban J connectivity index is 1.38. The lowest BCUT2D eigenvalue weighted by Gasteiger charge is -2.01. The van der Waals surface area contributed by atoms with Gasteiger partial charge in [0, 0.05) is 28.0 Å². The highest BCUT2D eigenvalue weighted by Gasteiger charge is 2.13. The zero-order valence-corrected chi connectivity index (χ0v) is 13.4. The molecule has 0 saturated heterocycles. The standard InChI is InChI=1S/C17H13N3O3S/c21-16(7-12-8-18-14-4-2-1-3-13(12)14)22-9-15-19-17(20-23-15)11-5-6-24-10-11/h1-6,8,10,18H,7,9H2. The first-order valence-electron chi connectivity index (χ1n) is 7.35. The number of carbonyl (C=O) groups is 1. The summed E-state index contributed by atoms with van der Waals surface area (Å²) in [7, 11) is 0. The van der Waals surface area contributed by atoms with Gasteiger partial charge in [-0.25, -0.2) is 0 Å². The van der Waals surface area contributed by atoms with Gasteiger partial charge in [-0.15, -0.1) is 0 Å². The van der Waals surface area contributed by atoms with Gasteiger partial charge in [0.1, 0.15) is 0 Å². The van der Waals surface area contributed by atoms with Crippen LogP contribution in [0.15, 0.2) is 51.8 Å². The number of benzene rings is 1. The molecule has 0 radical (unpaired) electrons. The molecule has 0 saturated carbocycles. The highest BCUT2D eigenvalue weighted by Crippen LogP contribution is 2.20. The average Bonchev–Trinajstić information content (AvgIpc) is 3.34. The molecule has 4 rings (SSSR count). The van der Waals surface area contributed by atoms with E-state index in [1.54, 1.807) is 11.3 Å². The third kappa shape index (κ3) is 2.93. The molecule has 3 heterocycles. The van der Waals surface area contributed by atoms with Crippen LogP contribution in [0.4, 0.5) is 0 Å². The molecule has 0 unspecified atom stereocenters. The van der Waals surface area contributed by atoms with Crippen molar-refractivity contribution in [3.8, 4) is 11.4 Å². The van der Waals surface area contributed by atoms with Crippen molar-refractivity contribution < 1.29 is 14.1 Å². The van der Waals surface area contributed by atoms with E-state index < -0.39 is 0 Å². The van der Waals surface area contributed by atoms with Gasteiger partial charge >= 0.3 is 5.97 Å². The number of thiophene rings is 1. The maximum Gasteiger partial charge on any atom is 0.310 e. The van der Waals surface area contributed by atoms with Crippen molar-refractivity contribution in [1.82, 2.24) is 15.1 Å². The first kappa shape index (κ1) is 14.6. The van der Waals surface area contributed by atoms with Crippen LogP contribution in [0.3, 0.4) is 0 Å². The summed E-state index contributed by atoms with van der Waals surface area (Å²) in [6.45, 7) is -0.0294. The topological polar surface area (TPSA) is 81.0 Å². The van der Waals surface area contributed by atoms with Crippen LogP contribution in [0.5, 0.6) is 0 Å². The number of aromatic nitrogens is 3. The molecular formula is C17H13N3O3S. The van der Waals surface area contributed by atoms with Crippen LogP contribution in [0, 0.1) is 0 Å². The van der Waals surface area contributed by atoms with Crippen molar-refractivity contribution in [2.75, 3.05) is 0 Å². The van der Waals surface area contributed by atoms with Gasteiger partial charge in [0.05, 0.1) is 6.42 Å². The van der Waals surface area contributed by atoms with Crippen molar-refractivity contribution in [2.45, 2.75) is 13.0 Å². The SMILES string of the molecule is O=C(Cc1c[nH]c2ccccc12)OCc1nc(-c2ccsc2)no1. The Morgan fingerprint density at radius 3 is 3.08 bits per heavy atom. The Labute approximate surface area is 141 Å². The van der Waals surface area contributed by atoms with Crippen LogP contribution in [0.2, 0.25) is 0 Å². The molecule has 0 amide bonds. The molecule has 7 heteroatoms. The zero-order chi connectivity index (χ0) is 16.4. The van der Waals surface area contributed by atoms with Crippen LogP contribution >= 0.6 is 11.3 Å². The molecule has 24 heavy (non-hydrogen) atoms. The van der Waals surface area contributed by atoms with E-state index in [1.165, 1.54) is 0 Å². The van der Waals surface area contributed by atoms with E-state index in [4.69, 9.17) is 9.26 Å². The van der Waals surface area contributed by atoms with Gasteiger partial charge in [-0.1, -0.05) is 23.4 Å². The molecule has 0 atom stereocenters. The van der Waals surface area contributed by atoms with Crippen LogP contribution in [-0.2, 0) is 22.6 Å². The molecule has 3 aromatic heterocycles. The van der Waals surface area contributed by atoms with E-state index in [0.717, 1.165) is 22.0 Å². The van der Waals surface area contributed by atoms with Gasteiger partial charge in [-0.2, -0.15) is 16.3 Å². The minimum absolute atomic E-state index is 0.0294. The van der Waals surface area contributed by atoms with Gasteiger partial charge in [0.25, 0.3) is 5.89 Å². The molecule has 4 aromatic rings. The Morgan fingerprint density at radius 2 is 2.21 bits per heavy atom. The molecule has 1 aromatic carbocycles. The van der Waals surface area contributed by atoms with E-state index >= 15 is 0 Å². The lowest BCUT2D eigenvalue weighted by atomic mass is 10.1. The second kappa shape index (κ2) is 6.29. The molecule has 6 nitrogen and oxygen atoms in total. The normalized spacial score (nSPS) is 11.0. The second-order valence-electron chi connectivity index (χ2n) is 5.22. The fourth-order valence-electron chi connectivity index (χ4n) is 2.45. The minimum atomic E-state index is -0.338. The quantitative estimate of drug-likeness (QED) is 0.562. The lowest BCUT2D eigenvalue weighted by Crippen LogP contribution is -2.07. The third-order valence-corrected chi connectivity index (χ3v) is 4.30. The lowest BCUT2D eigenvalue weighted by molar-refractivity contribution is -0.144. The van der Waals surface area contributed by atoms with Gasteiger partial charge < -0.3 is 14.2 Å². The van der Waals surface area contributed by atoms with Crippen LogP contribution in [0.1, 0.15) is 11.5 Å². The van der Waals surface area contributed by atoms with Gasteiger partial charge in [-0.3, -0.25) is 4.79 Å². The molecule has 120 valence electrons. The fourth-order valence-corrected chi connectivity index (χ4v) is 3.08. The summed E-state index contributed by atoms with van der Waals surface area (Å²) >= 11 is 1.55. The Hall–Kier alpha value is -2.93. The van der Waals surface area contributed by atoms with Crippen LogP contribution in [-0.4, -0.2) is 21.1 Å². The highest BCUT2D eigenvalue weighted by atomic mass is 32.1. The number of nitrogens with zero attached hydrogens (tertiary/aromatic N) is 2. The van der Waals surface area contributed by atoms with Crippen molar-refractivity contribution in [1.29, 1.82) is 0 Å². The van der Waals surface area contributed by atoms with E-state index in [2.05, 4.69) is 15.1 Å². The number of nitrogens with one attached hydrogen (secondary N) is 1. The molecule has 0 bridgehead atoms. The zero-order valence-electron chi connectivity index (χ0n) is 12.6. The summed E-state index contributed by atoms with van der Waals surface area (Å²) < 4.78 is 10.3. The minimum Gasteiger partial charge on any atom is -0.455 e. The summed E-state index contributed by atoms with van der Waals surface area (Å²) in [6.07, 6.45) is 2.02. The Kier molecular flexibility index (Phi) is 3.84. The monoisotopic (exact) mass is 339 g/mol. The molecule has 0 aliphatic rings. The summed E-state index contributed by atoms with van der Waals surface area (Å²) in [6, 6.07) is 9.73. The van der Waals surface area contributed by atoms with E-state index in [9.17, 15) is 4.79 Å². The molecule has 0 aliphatic carbocycles. The first-order chi connectivity index (χ1) is 11.8. The summed E-state index contributed by atoms with van der Waals surface area (Å²) in [5.74, 6) is 0.442. The van der Waals surface area contributed by atoms with Crippen molar-refractivity contribution in [2.24, 2.45) is 0 Å². The molecule has 0 aliphatic heterocycles. The number of aromatic amines is 1. The molecular weight excluding hydrogens is 326 g/mol. The van der Waals surface area contributed by atoms with Crippen molar-refractivity contribution in [3.63, 3.8) is 0 Å². The Bertz CT molecular complexity index is 972. The highest BCUT2D eigenvalue weighted by molar-refractivity contribution is 7.08. The average molecular weight is 339 g/mol. The van der Waals surface area contributed by atoms with Crippen molar-refractivity contribution in [3.05, 3.63) is 58.7 Å². The number of carbonyl (C=O) groups excluding carboxylic acids is 1. The fraction of sp³-hybridized carbons (Fsp3) is 0.118. The summed E-state index contributed by atoms with van der Waals surface area (Å²) in [4.78, 5) is 19.4. The number of hydrogen-bond acceptors (Lipinski definition) is 6. The molecule has 0 fully saturated rings. The van der Waals surface area contributed by atoms with Crippen LogP contribution < -0.4 is 0 Å². The summed E-state index contributed by atoms with van der Waals surface area (Å²) in [5.41, 5.74) is 2.79. The maximum atomic E-state index is 12.0. The number of rotatable bonds is 5. The third-order valence-electron chi connectivity index (χ3n) is 3.61. The van der Waals surface area contributed by atoms with E-state index in [0.29, 0.717) is 5.82 Å². The number of esters is 1. The number of H-pyrrole nitrogens is 1. The van der Waals surface area contributed by atoms with E-state index in [-0.39, 0.29) is 24.9 Å². The van der Waals surface area contributed by atoms with Gasteiger partial charge in [0.2, 0.25) is 5.82 Å². The predicted octanol–water partition coefficient (Wildman–Crippen LogP) is 3.57. The Morgan fingerprint density at radius 1 is 1.29 bits per heavy atom. The van der Waals surface area contributed by atoms with E-state index in [1.807, 2.05) is 47.3 Å². The number of ether oxygens (including phenoxy) is 1. The maximum absolute atomic E-state index is 12.0. The first-order valence-corrected chi connectivity index (χ1v) is 8.29. The molecule has 0 spiro atoms. The largest absolute Gasteiger partial charge is 0.455 e. The smallest absolute Gasteiger partial charge is 0.310 e. The number of hydrogen-bond donors (Lipinski definition) is 1. The van der Waals surface area contributed by atoms with Crippen LogP contribution in [0.25, 0.3) is 22.3 Å².